The van der Waals surface area contributed by atoms with Crippen molar-refractivity contribution in [3.8, 4) is 0 Å². The number of carbonyl (C=O) groups is 1. The Bertz CT molecular complexity index is 200. The van der Waals surface area contributed by atoms with Crippen LogP contribution in [0.15, 0.2) is 0 Å². The summed E-state index contributed by atoms with van der Waals surface area (Å²) in [5, 5.41) is 12.4. The van der Waals surface area contributed by atoms with Crippen LogP contribution in [0, 0.1) is 0 Å². The maximum Gasteiger partial charge on any atom is 0.250 e. The highest BCUT2D eigenvalue weighted by molar-refractivity contribution is 5.82. The molecule has 4 heteroatoms. The molecule has 0 heterocycles. The maximum absolute atomic E-state index is 11.4. The molecule has 1 fully saturated rings. The highest BCUT2D eigenvalue weighted by atomic mass is 16.3. The van der Waals surface area contributed by atoms with Crippen LogP contribution in [-0.2, 0) is 4.79 Å². The minimum atomic E-state index is -1.05. The van der Waals surface area contributed by atoms with Gasteiger partial charge in [0.15, 0.2) is 6.10 Å². The van der Waals surface area contributed by atoms with E-state index < -0.39 is 11.6 Å². The van der Waals surface area contributed by atoms with E-state index in [1.54, 1.807) is 0 Å². The van der Waals surface area contributed by atoms with Crippen LogP contribution in [0.4, 0.5) is 0 Å². The van der Waals surface area contributed by atoms with E-state index in [-0.39, 0.29) is 5.91 Å². The van der Waals surface area contributed by atoms with Gasteiger partial charge in [-0.25, -0.2) is 0 Å². The summed E-state index contributed by atoms with van der Waals surface area (Å²) in [6.07, 6.45) is 3.60. The zero-order chi connectivity index (χ0) is 10.6. The van der Waals surface area contributed by atoms with Crippen molar-refractivity contribution in [2.75, 3.05) is 6.54 Å². The Morgan fingerprint density at radius 3 is 2.57 bits per heavy atom. The Labute approximate surface area is 84.9 Å². The van der Waals surface area contributed by atoms with Crippen molar-refractivity contribution in [2.24, 2.45) is 5.73 Å². The molecule has 0 bridgehead atoms. The zero-order valence-corrected chi connectivity index (χ0v) is 8.75. The van der Waals surface area contributed by atoms with E-state index in [1.165, 1.54) is 0 Å². The topological polar surface area (TPSA) is 75.3 Å². The third-order valence-corrected chi connectivity index (χ3v) is 2.93. The van der Waals surface area contributed by atoms with Crippen molar-refractivity contribution in [3.05, 3.63) is 0 Å². The molecule has 14 heavy (non-hydrogen) atoms. The predicted molar refractivity (Wildman–Crippen MR) is 54.7 cm³/mol. The molecule has 1 aliphatic rings. The average molecular weight is 200 g/mol. The van der Waals surface area contributed by atoms with Crippen LogP contribution in [0.1, 0.15) is 39.0 Å². The highest BCUT2D eigenvalue weighted by Crippen LogP contribution is 2.28. The lowest BCUT2D eigenvalue weighted by molar-refractivity contribution is -0.133. The lowest BCUT2D eigenvalue weighted by Gasteiger charge is -2.36. The van der Waals surface area contributed by atoms with Gasteiger partial charge < -0.3 is 16.2 Å². The van der Waals surface area contributed by atoms with Crippen LogP contribution in [0.2, 0.25) is 0 Å². The van der Waals surface area contributed by atoms with Gasteiger partial charge in [-0.15, -0.1) is 0 Å². The quantitative estimate of drug-likeness (QED) is 0.607. The standard InChI is InChI=1S/C10H20N2O2/c1-2-12-9(14)8(13)10(11)6-4-3-5-7-10/h8,13H,2-7,11H2,1H3,(H,12,14). The first-order valence-electron chi connectivity index (χ1n) is 5.35. The minimum absolute atomic E-state index is 0.336. The Morgan fingerprint density at radius 1 is 1.50 bits per heavy atom. The largest absolute Gasteiger partial charge is 0.381 e. The molecule has 0 aliphatic heterocycles. The highest BCUT2D eigenvalue weighted by Gasteiger charge is 2.38. The molecule has 0 aromatic rings. The zero-order valence-electron chi connectivity index (χ0n) is 8.75. The number of hydrogen-bond donors (Lipinski definition) is 3. The first-order chi connectivity index (χ1) is 6.60. The Hall–Kier alpha value is -0.610. The summed E-state index contributed by atoms with van der Waals surface area (Å²) in [5.74, 6) is -0.336. The van der Waals surface area contributed by atoms with E-state index >= 15 is 0 Å². The van der Waals surface area contributed by atoms with Gasteiger partial charge in [-0.2, -0.15) is 0 Å². The number of amides is 1. The van der Waals surface area contributed by atoms with Gasteiger partial charge in [0, 0.05) is 6.54 Å². The fourth-order valence-corrected chi connectivity index (χ4v) is 2.02. The molecule has 4 N–H and O–H groups in total. The summed E-state index contributed by atoms with van der Waals surface area (Å²) in [7, 11) is 0. The van der Waals surface area contributed by atoms with Gasteiger partial charge in [-0.3, -0.25) is 4.79 Å². The normalized spacial score (nSPS) is 22.8. The summed E-state index contributed by atoms with van der Waals surface area (Å²) in [5.41, 5.74) is 5.33. The summed E-state index contributed by atoms with van der Waals surface area (Å²) in [6.45, 7) is 2.36. The van der Waals surface area contributed by atoms with Crippen LogP contribution in [0.5, 0.6) is 0 Å². The smallest absolute Gasteiger partial charge is 0.250 e. The molecule has 1 aliphatic carbocycles. The number of carbonyl (C=O) groups excluding carboxylic acids is 1. The van der Waals surface area contributed by atoms with Crippen molar-refractivity contribution in [2.45, 2.75) is 50.7 Å². The van der Waals surface area contributed by atoms with Gasteiger partial charge in [0.05, 0.1) is 5.54 Å². The first kappa shape index (κ1) is 11.5. The van der Waals surface area contributed by atoms with E-state index in [0.717, 1.165) is 32.1 Å². The fraction of sp³-hybridized carbons (Fsp3) is 0.900. The van der Waals surface area contributed by atoms with E-state index in [0.29, 0.717) is 6.54 Å². The minimum Gasteiger partial charge on any atom is -0.381 e. The SMILES string of the molecule is CCNC(=O)C(O)C1(N)CCCCC1. The van der Waals surface area contributed by atoms with E-state index in [2.05, 4.69) is 5.32 Å². The summed E-state index contributed by atoms with van der Waals surface area (Å²) < 4.78 is 0. The van der Waals surface area contributed by atoms with E-state index in [9.17, 15) is 9.90 Å². The second-order valence-corrected chi connectivity index (χ2v) is 4.09. The van der Waals surface area contributed by atoms with Gasteiger partial charge >= 0.3 is 0 Å². The van der Waals surface area contributed by atoms with Gasteiger partial charge in [0.1, 0.15) is 0 Å². The third kappa shape index (κ3) is 2.45. The lowest BCUT2D eigenvalue weighted by Crippen LogP contribution is -2.58. The molecule has 1 saturated carbocycles. The number of nitrogens with one attached hydrogen (secondary N) is 1. The Balaban J connectivity index is 2.56. The van der Waals surface area contributed by atoms with Crippen molar-refractivity contribution in [3.63, 3.8) is 0 Å². The number of likely N-dealkylation sites (N-methyl/N-ethyl adjacent to an activating group) is 1. The monoisotopic (exact) mass is 200 g/mol. The van der Waals surface area contributed by atoms with Crippen LogP contribution >= 0.6 is 0 Å². The fourth-order valence-electron chi connectivity index (χ4n) is 2.02. The first-order valence-corrected chi connectivity index (χ1v) is 5.35. The third-order valence-electron chi connectivity index (χ3n) is 2.93. The molecule has 1 unspecified atom stereocenters. The Morgan fingerprint density at radius 2 is 2.07 bits per heavy atom. The average Bonchev–Trinajstić information content (AvgIpc) is 2.18. The molecular formula is C10H20N2O2. The number of aliphatic hydroxyl groups is 1. The summed E-state index contributed by atoms with van der Waals surface area (Å²) in [6, 6.07) is 0. The van der Waals surface area contributed by atoms with Crippen LogP contribution in [-0.4, -0.2) is 29.2 Å². The van der Waals surface area contributed by atoms with Crippen molar-refractivity contribution >= 4 is 5.91 Å². The molecule has 0 saturated heterocycles. The molecule has 0 spiro atoms. The van der Waals surface area contributed by atoms with Gasteiger partial charge in [-0.05, 0) is 19.8 Å². The molecule has 0 aromatic heterocycles. The van der Waals surface area contributed by atoms with Crippen molar-refractivity contribution in [1.29, 1.82) is 0 Å². The molecular weight excluding hydrogens is 180 g/mol. The molecule has 0 radical (unpaired) electrons. The van der Waals surface area contributed by atoms with Gasteiger partial charge in [0.2, 0.25) is 0 Å². The number of aliphatic hydroxyl groups excluding tert-OH is 1. The number of rotatable bonds is 3. The van der Waals surface area contributed by atoms with Crippen LogP contribution in [0.25, 0.3) is 0 Å². The predicted octanol–water partition coefficient (Wildman–Crippen LogP) is 0.145. The summed E-state index contributed by atoms with van der Waals surface area (Å²) >= 11 is 0. The van der Waals surface area contributed by atoms with Crippen molar-refractivity contribution in [1.82, 2.24) is 5.32 Å². The molecule has 0 aromatic carbocycles. The summed E-state index contributed by atoms with van der Waals surface area (Å²) in [4.78, 5) is 11.4. The second kappa shape index (κ2) is 4.75. The second-order valence-electron chi connectivity index (χ2n) is 4.09. The molecule has 1 atom stereocenters. The maximum atomic E-state index is 11.4. The molecule has 4 nitrogen and oxygen atoms in total. The van der Waals surface area contributed by atoms with Gasteiger partial charge in [0.25, 0.3) is 5.91 Å². The number of hydrogen-bond acceptors (Lipinski definition) is 3. The molecule has 1 rings (SSSR count). The van der Waals surface area contributed by atoms with E-state index in [4.69, 9.17) is 5.73 Å². The lowest BCUT2D eigenvalue weighted by atomic mass is 9.78. The number of nitrogens with two attached hydrogens (primary N) is 1. The van der Waals surface area contributed by atoms with Crippen LogP contribution < -0.4 is 11.1 Å². The van der Waals surface area contributed by atoms with Crippen LogP contribution in [0.3, 0.4) is 0 Å². The molecule has 1 amide bonds. The molecule has 82 valence electrons. The Kier molecular flexibility index (Phi) is 3.89. The van der Waals surface area contributed by atoms with E-state index in [1.807, 2.05) is 6.92 Å². The van der Waals surface area contributed by atoms with Crippen molar-refractivity contribution < 1.29 is 9.90 Å². The van der Waals surface area contributed by atoms with Gasteiger partial charge in [-0.1, -0.05) is 19.3 Å².